The lowest BCUT2D eigenvalue weighted by Gasteiger charge is -2.46. The van der Waals surface area contributed by atoms with Crippen LogP contribution in [-0.2, 0) is 5.41 Å². The van der Waals surface area contributed by atoms with Crippen molar-refractivity contribution in [2.24, 2.45) is 0 Å². The van der Waals surface area contributed by atoms with Crippen LogP contribution in [0.5, 0.6) is 0 Å². The van der Waals surface area contributed by atoms with Crippen molar-refractivity contribution in [3.05, 3.63) is 370 Å². The van der Waals surface area contributed by atoms with E-state index in [9.17, 15) is 0 Å². The van der Waals surface area contributed by atoms with E-state index in [1.165, 1.54) is 70.6 Å². The summed E-state index contributed by atoms with van der Waals surface area (Å²) < 4.78 is 0. The number of hydrogen-bond donors (Lipinski definition) is 0. The average molecular weight is 1320 g/mol. The van der Waals surface area contributed by atoms with Gasteiger partial charge in [0.05, 0.1) is 11.4 Å². The Hall–Kier alpha value is -12.2. The van der Waals surface area contributed by atoms with Crippen molar-refractivity contribution in [1.82, 2.24) is 0 Å². The van der Waals surface area contributed by atoms with Gasteiger partial charge in [0.25, 0.3) is 6.71 Å². The third-order valence-electron chi connectivity index (χ3n) is 21.0. The maximum atomic E-state index is 2.66. The monoisotopic (exact) mass is 1320 g/mol. The Morgan fingerprint density at radius 3 is 1.14 bits per heavy atom. The smallest absolute Gasteiger partial charge is 0.252 e. The summed E-state index contributed by atoms with van der Waals surface area (Å²) in [6, 6.07) is 136. The van der Waals surface area contributed by atoms with Crippen molar-refractivity contribution in [2.45, 2.75) is 36.0 Å². The van der Waals surface area contributed by atoms with Gasteiger partial charge in [-0.25, -0.2) is 0 Å². The van der Waals surface area contributed by atoms with E-state index in [2.05, 4.69) is 409 Å². The Morgan fingerprint density at radius 1 is 0.255 bits per heavy atom. The lowest BCUT2D eigenvalue weighted by Crippen LogP contribution is -2.64. The van der Waals surface area contributed by atoms with Gasteiger partial charge in [0.15, 0.2) is 0 Å². The highest BCUT2D eigenvalue weighted by Crippen LogP contribution is 2.53. The minimum Gasteiger partial charge on any atom is -0.311 e. The fraction of sp³-hybridized carbons (Fsp3) is 0.0426. The molecule has 0 fully saturated rings. The molecule has 15 aromatic rings. The van der Waals surface area contributed by atoms with Crippen LogP contribution in [0, 0.1) is 0 Å². The van der Waals surface area contributed by atoms with Gasteiger partial charge in [0.2, 0.25) is 6.71 Å². The molecule has 4 aliphatic rings. The highest BCUT2D eigenvalue weighted by atomic mass is 32.2. The zero-order valence-corrected chi connectivity index (χ0v) is 57.8. The Bertz CT molecular complexity index is 5540. The molecule has 19 rings (SSSR count). The van der Waals surface area contributed by atoms with E-state index in [0.29, 0.717) is 0 Å². The third-order valence-corrected chi connectivity index (χ3v) is 22.1. The van der Waals surface area contributed by atoms with Crippen LogP contribution in [0.25, 0.3) is 33.4 Å². The molecule has 0 unspecified atom stereocenters. The topological polar surface area (TPSA) is 16.2 Å². The van der Waals surface area contributed by atoms with Crippen LogP contribution >= 0.6 is 11.8 Å². The standard InChI is InChI=1S/C94H69B2N5S/c1-94(2,3)69-52-46-68(47-53-69)78-40-22-25-43-83(78)101-86-63-90-82(96-80-42-24-27-45-85(80)100(73-38-20-9-21-39-73)89-60-77(61-91(102-90)93(89)96)97(70-32-14-6-15-33-70)71-34-16-7-17-35-71)62-81(86)95-79-41-23-26-44-84(79)99(72-36-18-8-19-37-72)87-58-76(59-88(101)92(87)95)98(74-54-48-66(49-55-74)64-28-10-4-11-29-64)75-56-50-67(51-57-75)65-30-12-5-13-31-65/h4-63H,1-3H3. The second-order valence-corrected chi connectivity index (χ2v) is 29.1. The molecular weight excluding hydrogens is 1250 g/mol. The summed E-state index contributed by atoms with van der Waals surface area (Å²) in [7, 11) is 0. The molecule has 0 atom stereocenters. The lowest BCUT2D eigenvalue weighted by molar-refractivity contribution is 0.590. The molecule has 15 aromatic carbocycles. The predicted octanol–water partition coefficient (Wildman–Crippen LogP) is 21.8. The molecule has 102 heavy (non-hydrogen) atoms. The second kappa shape index (κ2) is 24.9. The number of nitrogens with zero attached hydrogens (tertiary/aromatic N) is 5. The number of hydrogen-bond acceptors (Lipinski definition) is 6. The molecule has 0 aromatic heterocycles. The number of benzene rings is 15. The van der Waals surface area contributed by atoms with Gasteiger partial charge in [-0.1, -0.05) is 281 Å². The molecule has 4 heterocycles. The Kier molecular flexibility index (Phi) is 14.9. The molecule has 0 saturated carbocycles. The van der Waals surface area contributed by atoms with Gasteiger partial charge in [-0.3, -0.25) is 0 Å². The van der Waals surface area contributed by atoms with Crippen LogP contribution in [0.4, 0.5) is 85.3 Å². The zero-order chi connectivity index (χ0) is 68.0. The minimum absolute atomic E-state index is 0.0220. The highest BCUT2D eigenvalue weighted by Gasteiger charge is 2.48. The first-order valence-electron chi connectivity index (χ1n) is 35.4. The molecule has 4 aliphatic heterocycles. The molecule has 0 N–H and O–H groups in total. The Morgan fingerprint density at radius 2 is 0.637 bits per heavy atom. The molecule has 0 aliphatic carbocycles. The maximum absolute atomic E-state index is 2.66. The van der Waals surface area contributed by atoms with Crippen molar-refractivity contribution in [3.63, 3.8) is 0 Å². The summed E-state index contributed by atoms with van der Waals surface area (Å²) >= 11 is 1.91. The highest BCUT2D eigenvalue weighted by molar-refractivity contribution is 8.00. The summed E-state index contributed by atoms with van der Waals surface area (Å²) in [6.45, 7) is 6.61. The molecule has 0 radical (unpaired) electrons. The van der Waals surface area contributed by atoms with E-state index in [1.54, 1.807) is 0 Å². The van der Waals surface area contributed by atoms with Gasteiger partial charge in [-0.15, -0.1) is 0 Å². The van der Waals surface area contributed by atoms with E-state index >= 15 is 0 Å². The largest absolute Gasteiger partial charge is 0.311 e. The van der Waals surface area contributed by atoms with Crippen LogP contribution < -0.4 is 57.3 Å². The Labute approximate surface area is 602 Å². The van der Waals surface area contributed by atoms with Crippen LogP contribution in [0.15, 0.2) is 374 Å². The van der Waals surface area contributed by atoms with Crippen LogP contribution in [0.3, 0.4) is 0 Å². The van der Waals surface area contributed by atoms with Gasteiger partial charge >= 0.3 is 0 Å². The van der Waals surface area contributed by atoms with Gasteiger partial charge in [-0.05, 0) is 187 Å². The minimum atomic E-state index is -0.183. The molecule has 5 nitrogen and oxygen atoms in total. The molecular formula is C94H69B2N5S. The fourth-order valence-corrected chi connectivity index (χ4v) is 17.5. The van der Waals surface area contributed by atoms with Crippen molar-refractivity contribution in [2.75, 3.05) is 24.5 Å². The molecule has 0 saturated heterocycles. The second-order valence-electron chi connectivity index (χ2n) is 28.0. The van der Waals surface area contributed by atoms with E-state index in [-0.39, 0.29) is 18.8 Å². The Balaban J connectivity index is 0.897. The first kappa shape index (κ1) is 60.9. The van der Waals surface area contributed by atoms with E-state index < -0.39 is 0 Å². The van der Waals surface area contributed by atoms with Crippen molar-refractivity contribution in [1.29, 1.82) is 0 Å². The zero-order valence-electron chi connectivity index (χ0n) is 56.9. The molecule has 0 spiro atoms. The van der Waals surface area contributed by atoms with Gasteiger partial charge < -0.3 is 24.5 Å². The van der Waals surface area contributed by atoms with Crippen LogP contribution in [0.1, 0.15) is 26.3 Å². The normalized spacial score (nSPS) is 12.9. The van der Waals surface area contributed by atoms with Crippen LogP contribution in [-0.4, -0.2) is 13.4 Å². The summed E-state index contributed by atoms with van der Waals surface area (Å²) in [5, 5.41) is 0. The fourth-order valence-electron chi connectivity index (χ4n) is 16.3. The SMILES string of the molecule is CC(C)(C)c1ccc(-c2ccccc2N2c3cc4c(cc3B3c5ccccc5N(c5ccccc5)c5cc(N(c6ccc(-c7ccccc7)cc6)c6ccc(-c7ccccc7)cc6)cc2c53)B2c3ccccc3N(c3ccccc3)c3cc(N(c5ccccc5)c5ccccc5)cc(c32)S4)cc1. The molecule has 8 heteroatoms. The van der Waals surface area contributed by atoms with E-state index in [4.69, 9.17) is 0 Å². The lowest BCUT2D eigenvalue weighted by atomic mass is 9.31. The summed E-state index contributed by atoms with van der Waals surface area (Å²) in [4.78, 5) is 15.1. The van der Waals surface area contributed by atoms with Gasteiger partial charge in [0, 0.05) is 89.3 Å². The first-order valence-corrected chi connectivity index (χ1v) is 36.2. The summed E-state index contributed by atoms with van der Waals surface area (Å²) in [5.41, 5.74) is 32.6. The first-order chi connectivity index (χ1) is 50.3. The number of rotatable bonds is 12. The number of fused-ring (bicyclic) bond motifs is 8. The quantitative estimate of drug-likeness (QED) is 0.113. The van der Waals surface area contributed by atoms with Crippen molar-refractivity contribution in [3.8, 4) is 33.4 Å². The number of para-hydroxylation sites is 7. The van der Waals surface area contributed by atoms with Gasteiger partial charge in [-0.2, -0.15) is 0 Å². The van der Waals surface area contributed by atoms with Crippen molar-refractivity contribution >= 4 is 143 Å². The van der Waals surface area contributed by atoms with Crippen molar-refractivity contribution < 1.29 is 0 Å². The van der Waals surface area contributed by atoms with E-state index in [1.807, 2.05) is 11.8 Å². The average Bonchev–Trinajstić information content (AvgIpc) is 0.689. The van der Waals surface area contributed by atoms with Crippen LogP contribution in [0.2, 0.25) is 0 Å². The van der Waals surface area contributed by atoms with Gasteiger partial charge in [0.1, 0.15) is 0 Å². The molecule has 482 valence electrons. The maximum Gasteiger partial charge on any atom is 0.252 e. The summed E-state index contributed by atoms with van der Waals surface area (Å²) in [5.74, 6) is 0. The predicted molar refractivity (Wildman–Crippen MR) is 435 cm³/mol. The number of anilines is 15. The van der Waals surface area contributed by atoms with E-state index in [0.717, 1.165) is 96.2 Å². The molecule has 0 bridgehead atoms. The summed E-state index contributed by atoms with van der Waals surface area (Å²) in [6.07, 6.45) is 0. The molecule has 0 amide bonds. The third kappa shape index (κ3) is 10.3.